The first-order chi connectivity index (χ1) is 18.8. The van der Waals surface area contributed by atoms with Crippen LogP contribution in [0.1, 0.15) is 54.4 Å². The maximum absolute atomic E-state index is 13.1. The number of hydrogen-bond acceptors (Lipinski definition) is 10. The van der Waals surface area contributed by atoms with E-state index in [1.807, 2.05) is 32.0 Å². The van der Waals surface area contributed by atoms with E-state index in [1.54, 1.807) is 19.4 Å². The van der Waals surface area contributed by atoms with Crippen LogP contribution in [0.3, 0.4) is 0 Å². The van der Waals surface area contributed by atoms with E-state index in [0.717, 1.165) is 61.5 Å². The molecule has 1 N–H and O–H groups in total. The molecule has 2 aromatic rings. The average Bonchev–Trinajstić information content (AvgIpc) is 3.60. The van der Waals surface area contributed by atoms with E-state index in [1.165, 1.54) is 0 Å². The van der Waals surface area contributed by atoms with Crippen molar-refractivity contribution in [1.29, 1.82) is 5.26 Å². The van der Waals surface area contributed by atoms with Crippen molar-refractivity contribution in [2.24, 2.45) is 16.3 Å². The lowest BCUT2D eigenvalue weighted by Gasteiger charge is -2.33. The minimum atomic E-state index is -0.464. The van der Waals surface area contributed by atoms with Gasteiger partial charge in [-0.15, -0.1) is 0 Å². The Labute approximate surface area is 229 Å². The highest BCUT2D eigenvalue weighted by atomic mass is 16.5. The Morgan fingerprint density at radius 1 is 1.31 bits per heavy atom. The first-order valence-corrected chi connectivity index (χ1v) is 13.5. The van der Waals surface area contributed by atoms with Crippen molar-refractivity contribution in [2.75, 3.05) is 52.3 Å². The van der Waals surface area contributed by atoms with Crippen LogP contribution in [-0.4, -0.2) is 85.0 Å². The number of amides is 1. The van der Waals surface area contributed by atoms with Gasteiger partial charge in [0.2, 0.25) is 0 Å². The Kier molecular flexibility index (Phi) is 7.66. The van der Waals surface area contributed by atoms with Gasteiger partial charge in [-0.2, -0.15) is 15.2 Å². The Hall–Kier alpha value is -3.78. The predicted molar refractivity (Wildman–Crippen MR) is 146 cm³/mol. The van der Waals surface area contributed by atoms with Crippen molar-refractivity contribution >= 4 is 17.4 Å². The molecule has 1 saturated heterocycles. The zero-order valence-electron chi connectivity index (χ0n) is 23.1. The van der Waals surface area contributed by atoms with Crippen LogP contribution in [0.25, 0.3) is 0 Å². The topological polar surface area (TPSA) is 129 Å². The van der Waals surface area contributed by atoms with Gasteiger partial charge < -0.3 is 24.6 Å². The molecule has 4 heterocycles. The third-order valence-corrected chi connectivity index (χ3v) is 7.58. The molecule has 2 fully saturated rings. The van der Waals surface area contributed by atoms with Crippen molar-refractivity contribution in [1.82, 2.24) is 25.2 Å². The molecular weight excluding hydrogens is 496 g/mol. The van der Waals surface area contributed by atoms with Crippen LogP contribution < -0.4 is 19.7 Å². The molecule has 11 heteroatoms. The van der Waals surface area contributed by atoms with Crippen molar-refractivity contribution < 1.29 is 14.3 Å². The molecule has 2 aliphatic heterocycles. The molecule has 1 atom stereocenters. The van der Waals surface area contributed by atoms with Gasteiger partial charge in [0.1, 0.15) is 23.9 Å². The Bertz CT molecular complexity index is 1290. The number of nitrogens with zero attached hydrogens (tertiary/aromatic N) is 7. The maximum atomic E-state index is 13.1. The van der Waals surface area contributed by atoms with Crippen molar-refractivity contribution in [3.8, 4) is 17.8 Å². The van der Waals surface area contributed by atoms with E-state index < -0.39 is 5.41 Å². The molecule has 0 unspecified atom stereocenters. The number of ether oxygens (including phenoxy) is 2. The molecule has 0 radical (unpaired) electrons. The van der Waals surface area contributed by atoms with Crippen LogP contribution in [0.5, 0.6) is 11.8 Å². The maximum Gasteiger partial charge on any atom is 0.319 e. The van der Waals surface area contributed by atoms with Gasteiger partial charge in [0.05, 0.1) is 42.1 Å². The summed E-state index contributed by atoms with van der Waals surface area (Å²) < 4.78 is 11.5. The third kappa shape index (κ3) is 5.96. The van der Waals surface area contributed by atoms with E-state index in [0.29, 0.717) is 18.9 Å². The molecule has 1 saturated carbocycles. The van der Waals surface area contributed by atoms with Gasteiger partial charge >= 0.3 is 6.01 Å². The quantitative estimate of drug-likeness (QED) is 0.490. The summed E-state index contributed by atoms with van der Waals surface area (Å²) in [5.41, 5.74) is 2.87. The van der Waals surface area contributed by atoms with Gasteiger partial charge in [0, 0.05) is 43.9 Å². The standard InChI is InChI=1S/C28H36N8O3/c1-18(15-35(2)3)32-26(37)20-13-23(34-27(33-20)39-17-28(16-29)8-9-28)36-11-6-19(7-12-36)25-24-21(14-31-25)30-10-5-22(24)38-4/h5,10,13,18-19H,6-9,11-12,14-15,17H2,1-4H3,(H,32,37)/t18-/m1/s1. The molecule has 2 aromatic heterocycles. The second kappa shape index (κ2) is 11.1. The normalized spacial score (nSPS) is 18.7. The molecule has 5 rings (SSSR count). The monoisotopic (exact) mass is 532 g/mol. The van der Waals surface area contributed by atoms with Gasteiger partial charge in [-0.25, -0.2) is 0 Å². The lowest BCUT2D eigenvalue weighted by molar-refractivity contribution is 0.0927. The molecule has 0 aromatic carbocycles. The zero-order valence-corrected chi connectivity index (χ0v) is 23.1. The molecule has 0 bridgehead atoms. The van der Waals surface area contributed by atoms with Gasteiger partial charge in [-0.05, 0) is 52.8 Å². The predicted octanol–water partition coefficient (Wildman–Crippen LogP) is 2.46. The summed E-state index contributed by atoms with van der Waals surface area (Å²) >= 11 is 0. The minimum Gasteiger partial charge on any atom is -0.496 e. The Morgan fingerprint density at radius 3 is 2.74 bits per heavy atom. The summed E-state index contributed by atoms with van der Waals surface area (Å²) in [5, 5.41) is 12.5. The van der Waals surface area contributed by atoms with E-state index in [2.05, 4.69) is 31.2 Å². The number of pyridine rings is 1. The van der Waals surface area contributed by atoms with Gasteiger partial charge in [-0.3, -0.25) is 14.8 Å². The number of nitriles is 1. The van der Waals surface area contributed by atoms with Crippen LogP contribution >= 0.6 is 0 Å². The number of carbonyl (C=O) groups is 1. The number of rotatable bonds is 10. The number of fused-ring (bicyclic) bond motifs is 1. The molecule has 3 aliphatic rings. The number of anilines is 1. The summed E-state index contributed by atoms with van der Waals surface area (Å²) in [6, 6.07) is 6.03. The lowest BCUT2D eigenvalue weighted by Crippen LogP contribution is -2.40. The summed E-state index contributed by atoms with van der Waals surface area (Å²) in [4.78, 5) is 35.7. The first-order valence-electron chi connectivity index (χ1n) is 13.5. The second-order valence-corrected chi connectivity index (χ2v) is 11.0. The van der Waals surface area contributed by atoms with Crippen LogP contribution in [0, 0.1) is 22.7 Å². The highest BCUT2D eigenvalue weighted by molar-refractivity contribution is 6.07. The molecule has 1 aliphatic carbocycles. The SMILES string of the molecule is COc1ccnc2c1C(C1CCN(c3cc(C(=O)N[C@H](C)CN(C)C)nc(OCC4(C#N)CC4)n3)CC1)=NC2. The minimum absolute atomic E-state index is 0.0547. The summed E-state index contributed by atoms with van der Waals surface area (Å²) in [7, 11) is 5.61. The van der Waals surface area contributed by atoms with E-state index >= 15 is 0 Å². The number of nitrogens with one attached hydrogen (secondary N) is 1. The number of aliphatic imine (C=N–C) groups is 1. The fourth-order valence-electron chi connectivity index (χ4n) is 5.29. The van der Waals surface area contributed by atoms with Crippen LogP contribution in [0.2, 0.25) is 0 Å². The van der Waals surface area contributed by atoms with Crippen LogP contribution in [0.15, 0.2) is 23.3 Å². The highest BCUT2D eigenvalue weighted by Gasteiger charge is 2.44. The fourth-order valence-corrected chi connectivity index (χ4v) is 5.29. The largest absolute Gasteiger partial charge is 0.496 e. The number of piperidine rings is 1. The van der Waals surface area contributed by atoms with Crippen molar-refractivity contribution in [2.45, 2.75) is 45.2 Å². The summed E-state index contributed by atoms with van der Waals surface area (Å²) in [5.74, 6) is 1.49. The van der Waals surface area contributed by atoms with Gasteiger partial charge in [-0.1, -0.05) is 0 Å². The average molecular weight is 533 g/mol. The molecule has 206 valence electrons. The highest BCUT2D eigenvalue weighted by Crippen LogP contribution is 2.45. The Morgan fingerprint density at radius 2 is 2.08 bits per heavy atom. The van der Waals surface area contributed by atoms with Crippen LogP contribution in [-0.2, 0) is 6.54 Å². The molecule has 39 heavy (non-hydrogen) atoms. The molecule has 1 amide bonds. The van der Waals surface area contributed by atoms with E-state index in [9.17, 15) is 10.1 Å². The van der Waals surface area contributed by atoms with E-state index in [4.69, 9.17) is 14.5 Å². The Balaban J connectivity index is 1.32. The number of likely N-dealkylation sites (N-methyl/N-ethyl adjacent to an activating group) is 1. The van der Waals surface area contributed by atoms with Crippen LogP contribution in [0.4, 0.5) is 5.82 Å². The second-order valence-electron chi connectivity index (χ2n) is 11.0. The zero-order chi connectivity index (χ0) is 27.6. The van der Waals surface area contributed by atoms with Gasteiger partial charge in [0.25, 0.3) is 5.91 Å². The van der Waals surface area contributed by atoms with Crippen molar-refractivity contribution in [3.05, 3.63) is 35.3 Å². The third-order valence-electron chi connectivity index (χ3n) is 7.58. The number of methoxy groups -OCH3 is 1. The molecule has 0 spiro atoms. The van der Waals surface area contributed by atoms with E-state index in [-0.39, 0.29) is 36.2 Å². The first kappa shape index (κ1) is 26.8. The summed E-state index contributed by atoms with van der Waals surface area (Å²) in [6.07, 6.45) is 5.15. The lowest BCUT2D eigenvalue weighted by atomic mass is 9.88. The summed E-state index contributed by atoms with van der Waals surface area (Å²) in [6.45, 7) is 4.97. The number of aromatic nitrogens is 3. The smallest absolute Gasteiger partial charge is 0.319 e. The molecule has 11 nitrogen and oxygen atoms in total. The number of hydrogen-bond donors (Lipinski definition) is 1. The van der Waals surface area contributed by atoms with Gasteiger partial charge in [0.15, 0.2) is 0 Å². The van der Waals surface area contributed by atoms with Crippen molar-refractivity contribution in [3.63, 3.8) is 0 Å². The molecular formula is C28H36N8O3. The fraction of sp³-hybridized carbons (Fsp3) is 0.571. The number of carbonyl (C=O) groups excluding carboxylic acids is 1.